The summed E-state index contributed by atoms with van der Waals surface area (Å²) in [6, 6.07) is 7.45. The van der Waals surface area contributed by atoms with Gasteiger partial charge in [-0.05, 0) is 31.0 Å². The standard InChI is InChI=1S/C23H20Cl2FNO5/c1-31-22-15(9-12(24)10-16(22)25)20(28)18-19(14-6-2-3-7-17(14)26)27(23(30)21(18)29)11-13-5-4-8-32-13/h2-3,6-7,9-10,13,19,28H,4-5,8,11H2,1H3/b20-18+. The van der Waals surface area contributed by atoms with Gasteiger partial charge >= 0.3 is 0 Å². The number of carbonyl (C=O) groups excluding carboxylic acids is 2. The number of hydrogen-bond donors (Lipinski definition) is 1. The van der Waals surface area contributed by atoms with Crippen LogP contribution in [-0.4, -0.2) is 48.1 Å². The number of benzene rings is 2. The van der Waals surface area contributed by atoms with Crippen LogP contribution in [-0.2, 0) is 14.3 Å². The molecule has 6 nitrogen and oxygen atoms in total. The summed E-state index contributed by atoms with van der Waals surface area (Å²) < 4.78 is 25.8. The van der Waals surface area contributed by atoms with Gasteiger partial charge in [-0.3, -0.25) is 9.59 Å². The lowest BCUT2D eigenvalue weighted by Gasteiger charge is -2.27. The van der Waals surface area contributed by atoms with Crippen molar-refractivity contribution < 1.29 is 28.6 Å². The van der Waals surface area contributed by atoms with Gasteiger partial charge in [0.2, 0.25) is 0 Å². The molecule has 1 N–H and O–H groups in total. The lowest BCUT2D eigenvalue weighted by Crippen LogP contribution is -2.36. The summed E-state index contributed by atoms with van der Waals surface area (Å²) in [5, 5.41) is 11.5. The molecule has 2 atom stereocenters. The maximum absolute atomic E-state index is 14.8. The number of hydrogen-bond acceptors (Lipinski definition) is 5. The third kappa shape index (κ3) is 3.96. The Morgan fingerprint density at radius 3 is 2.69 bits per heavy atom. The number of rotatable bonds is 5. The summed E-state index contributed by atoms with van der Waals surface area (Å²) in [5.74, 6) is -2.87. The lowest BCUT2D eigenvalue weighted by atomic mass is 9.94. The number of ether oxygens (including phenoxy) is 2. The molecule has 2 aromatic carbocycles. The molecular formula is C23H20Cl2FNO5. The zero-order valence-electron chi connectivity index (χ0n) is 17.1. The fourth-order valence-electron chi connectivity index (χ4n) is 4.19. The van der Waals surface area contributed by atoms with Crippen LogP contribution in [0.15, 0.2) is 42.0 Å². The van der Waals surface area contributed by atoms with Crippen LogP contribution in [0.4, 0.5) is 4.39 Å². The number of halogens is 3. The Kier molecular flexibility index (Phi) is 6.42. The number of likely N-dealkylation sites (tertiary alicyclic amines) is 1. The van der Waals surface area contributed by atoms with Gasteiger partial charge < -0.3 is 19.5 Å². The Hall–Kier alpha value is -2.61. The molecule has 2 aliphatic heterocycles. The van der Waals surface area contributed by atoms with Crippen molar-refractivity contribution in [3.05, 3.63) is 69.0 Å². The van der Waals surface area contributed by atoms with Crippen molar-refractivity contribution >= 4 is 40.7 Å². The molecule has 4 rings (SSSR count). The summed E-state index contributed by atoms with van der Waals surface area (Å²) in [7, 11) is 1.34. The van der Waals surface area contributed by atoms with Crippen molar-refractivity contribution in [1.29, 1.82) is 0 Å². The molecule has 0 aliphatic carbocycles. The minimum atomic E-state index is -1.15. The molecule has 0 spiro atoms. The Morgan fingerprint density at radius 2 is 2.03 bits per heavy atom. The highest BCUT2D eigenvalue weighted by atomic mass is 35.5. The van der Waals surface area contributed by atoms with Gasteiger partial charge in [0.15, 0.2) is 0 Å². The van der Waals surface area contributed by atoms with Gasteiger partial charge in [-0.15, -0.1) is 0 Å². The minimum Gasteiger partial charge on any atom is -0.507 e. The first-order valence-corrected chi connectivity index (χ1v) is 10.8. The van der Waals surface area contributed by atoms with E-state index in [0.717, 1.165) is 6.42 Å². The zero-order valence-corrected chi connectivity index (χ0v) is 18.6. The van der Waals surface area contributed by atoms with E-state index in [1.54, 1.807) is 6.07 Å². The van der Waals surface area contributed by atoms with E-state index < -0.39 is 29.3 Å². The summed E-state index contributed by atoms with van der Waals surface area (Å²) in [6.07, 6.45) is 1.26. The van der Waals surface area contributed by atoms with Crippen LogP contribution in [0.25, 0.3) is 5.76 Å². The average Bonchev–Trinajstić information content (AvgIpc) is 3.36. The van der Waals surface area contributed by atoms with E-state index >= 15 is 0 Å². The van der Waals surface area contributed by atoms with Gasteiger partial charge in [-0.1, -0.05) is 41.4 Å². The number of ketones is 1. The van der Waals surface area contributed by atoms with E-state index in [9.17, 15) is 19.1 Å². The number of aliphatic hydroxyl groups excluding tert-OH is 1. The minimum absolute atomic E-state index is 0.0291. The molecule has 2 fully saturated rings. The van der Waals surface area contributed by atoms with Gasteiger partial charge in [-0.25, -0.2) is 4.39 Å². The summed E-state index contributed by atoms with van der Waals surface area (Å²) in [5.41, 5.74) is -0.158. The lowest BCUT2D eigenvalue weighted by molar-refractivity contribution is -0.140. The first-order valence-electron chi connectivity index (χ1n) is 10.0. The maximum atomic E-state index is 14.8. The molecule has 168 valence electrons. The molecule has 1 amide bonds. The topological polar surface area (TPSA) is 76.1 Å². The van der Waals surface area contributed by atoms with Crippen LogP contribution in [0.5, 0.6) is 5.75 Å². The molecule has 32 heavy (non-hydrogen) atoms. The van der Waals surface area contributed by atoms with Gasteiger partial charge in [0.25, 0.3) is 11.7 Å². The molecule has 2 unspecified atom stereocenters. The highest BCUT2D eigenvalue weighted by Crippen LogP contribution is 2.44. The van der Waals surface area contributed by atoms with Gasteiger partial charge in [0.05, 0.1) is 35.4 Å². The number of Topliss-reactive ketones (excluding diaryl/α,β-unsaturated/α-hetero) is 1. The molecule has 0 aromatic heterocycles. The first-order chi connectivity index (χ1) is 15.3. The van der Waals surface area contributed by atoms with Crippen molar-refractivity contribution in [2.24, 2.45) is 0 Å². The van der Waals surface area contributed by atoms with Crippen LogP contribution in [0.1, 0.15) is 30.0 Å². The average molecular weight is 480 g/mol. The first kappa shape index (κ1) is 22.6. The van der Waals surface area contributed by atoms with Crippen molar-refractivity contribution in [1.82, 2.24) is 4.90 Å². The van der Waals surface area contributed by atoms with Crippen LogP contribution in [0, 0.1) is 5.82 Å². The van der Waals surface area contributed by atoms with Gasteiger partial charge in [0.1, 0.15) is 17.3 Å². The SMILES string of the molecule is COc1c(Cl)cc(Cl)cc1/C(O)=C1\C(=O)C(=O)N(CC2CCCO2)C1c1ccccc1F. The highest BCUT2D eigenvalue weighted by molar-refractivity contribution is 6.46. The predicted molar refractivity (Wildman–Crippen MR) is 117 cm³/mol. The Balaban J connectivity index is 1.92. The normalized spacial score (nSPS) is 22.6. The Morgan fingerprint density at radius 1 is 1.28 bits per heavy atom. The van der Waals surface area contributed by atoms with Crippen molar-refractivity contribution in [3.8, 4) is 5.75 Å². The molecule has 0 saturated carbocycles. The number of methoxy groups -OCH3 is 1. The van der Waals surface area contributed by atoms with E-state index in [1.165, 1.54) is 42.3 Å². The zero-order chi connectivity index (χ0) is 23.0. The number of nitrogens with zero attached hydrogens (tertiary/aromatic N) is 1. The predicted octanol–water partition coefficient (Wildman–Crippen LogP) is 4.74. The fourth-order valence-corrected chi connectivity index (χ4v) is 4.76. The second-order valence-electron chi connectivity index (χ2n) is 7.58. The Bertz CT molecular complexity index is 1110. The largest absolute Gasteiger partial charge is 0.507 e. The smallest absolute Gasteiger partial charge is 0.295 e. The Labute approximate surface area is 194 Å². The molecule has 9 heteroatoms. The summed E-state index contributed by atoms with van der Waals surface area (Å²) >= 11 is 12.3. The second-order valence-corrected chi connectivity index (χ2v) is 8.42. The van der Waals surface area contributed by atoms with Crippen molar-refractivity contribution in [3.63, 3.8) is 0 Å². The van der Waals surface area contributed by atoms with Crippen LogP contribution in [0.2, 0.25) is 10.0 Å². The van der Waals surface area contributed by atoms with E-state index in [-0.39, 0.29) is 45.1 Å². The van der Waals surface area contributed by atoms with Crippen LogP contribution < -0.4 is 4.74 Å². The van der Waals surface area contributed by atoms with Crippen LogP contribution >= 0.6 is 23.2 Å². The second kappa shape index (κ2) is 9.10. The quantitative estimate of drug-likeness (QED) is 0.380. The maximum Gasteiger partial charge on any atom is 0.295 e. The molecule has 2 saturated heterocycles. The third-order valence-corrected chi connectivity index (χ3v) is 6.13. The molecular weight excluding hydrogens is 460 g/mol. The summed E-state index contributed by atoms with van der Waals surface area (Å²) in [6.45, 7) is 0.644. The van der Waals surface area contributed by atoms with E-state index in [0.29, 0.717) is 13.0 Å². The number of amides is 1. The third-order valence-electron chi connectivity index (χ3n) is 5.63. The van der Waals surface area contributed by atoms with Crippen LogP contribution in [0.3, 0.4) is 0 Å². The number of carbonyl (C=O) groups is 2. The summed E-state index contributed by atoms with van der Waals surface area (Å²) in [4.78, 5) is 27.3. The van der Waals surface area contributed by atoms with Gasteiger partial charge in [0, 0.05) is 23.7 Å². The monoisotopic (exact) mass is 479 g/mol. The van der Waals surface area contributed by atoms with E-state index in [2.05, 4.69) is 0 Å². The van der Waals surface area contributed by atoms with Gasteiger partial charge in [-0.2, -0.15) is 0 Å². The van der Waals surface area contributed by atoms with E-state index in [4.69, 9.17) is 32.7 Å². The van der Waals surface area contributed by atoms with Crippen molar-refractivity contribution in [2.75, 3.05) is 20.3 Å². The van der Waals surface area contributed by atoms with E-state index in [1.807, 2.05) is 0 Å². The number of aliphatic hydroxyl groups is 1. The van der Waals surface area contributed by atoms with Crippen molar-refractivity contribution in [2.45, 2.75) is 25.0 Å². The molecule has 2 aliphatic rings. The fraction of sp³-hybridized carbons (Fsp3) is 0.304. The molecule has 2 aromatic rings. The molecule has 0 bridgehead atoms. The molecule has 0 radical (unpaired) electrons. The molecule has 2 heterocycles. The highest BCUT2D eigenvalue weighted by Gasteiger charge is 2.48.